The second kappa shape index (κ2) is 9.93. The van der Waals surface area contributed by atoms with Crippen molar-refractivity contribution in [1.29, 1.82) is 0 Å². The molecule has 0 radical (unpaired) electrons. The van der Waals surface area contributed by atoms with Crippen molar-refractivity contribution in [1.82, 2.24) is 20.4 Å². The molecule has 33 heavy (non-hydrogen) atoms. The Labute approximate surface area is 202 Å². The largest absolute Gasteiger partial charge is 0.507 e. The molecular formula is C24H19BrN4O3S. The number of phenols is 1. The molecule has 4 aromatic rings. The SMILES string of the molecule is C=C(NNC(=O)CSc1nc2ccccc2c(=O)n1-c1ccc(Br)cc1)c1ccccc1O. The van der Waals surface area contributed by atoms with E-state index < -0.39 is 0 Å². The smallest absolute Gasteiger partial charge is 0.266 e. The van der Waals surface area contributed by atoms with Crippen LogP contribution in [0.2, 0.25) is 0 Å². The lowest BCUT2D eigenvalue weighted by Gasteiger charge is -2.14. The van der Waals surface area contributed by atoms with E-state index >= 15 is 0 Å². The summed E-state index contributed by atoms with van der Waals surface area (Å²) >= 11 is 4.55. The quantitative estimate of drug-likeness (QED) is 0.191. The van der Waals surface area contributed by atoms with Gasteiger partial charge in [0.1, 0.15) is 5.75 Å². The van der Waals surface area contributed by atoms with Gasteiger partial charge in [-0.3, -0.25) is 25.0 Å². The zero-order valence-electron chi connectivity index (χ0n) is 17.3. The van der Waals surface area contributed by atoms with Crippen molar-refractivity contribution in [2.45, 2.75) is 5.16 Å². The Kier molecular flexibility index (Phi) is 6.81. The molecule has 0 aliphatic carbocycles. The molecule has 0 unspecified atom stereocenters. The van der Waals surface area contributed by atoms with Crippen molar-refractivity contribution in [3.8, 4) is 11.4 Å². The number of hydrogen-bond donors (Lipinski definition) is 3. The van der Waals surface area contributed by atoms with Crippen LogP contribution in [0.15, 0.2) is 93.8 Å². The minimum absolute atomic E-state index is 0.00234. The molecule has 0 aliphatic rings. The van der Waals surface area contributed by atoms with E-state index in [9.17, 15) is 14.7 Å². The van der Waals surface area contributed by atoms with Crippen molar-refractivity contribution >= 4 is 50.2 Å². The second-order valence-corrected chi connectivity index (χ2v) is 8.84. The summed E-state index contributed by atoms with van der Waals surface area (Å²) in [6.07, 6.45) is 0. The number of carbonyl (C=O) groups excluding carboxylic acids is 1. The molecule has 0 fully saturated rings. The number of benzene rings is 3. The van der Waals surface area contributed by atoms with Gasteiger partial charge in [0.2, 0.25) is 5.91 Å². The predicted octanol–water partition coefficient (Wildman–Crippen LogP) is 4.24. The van der Waals surface area contributed by atoms with E-state index in [4.69, 9.17) is 0 Å². The number of carbonyl (C=O) groups is 1. The van der Waals surface area contributed by atoms with E-state index in [1.54, 1.807) is 36.4 Å². The Morgan fingerprint density at radius 3 is 2.48 bits per heavy atom. The van der Waals surface area contributed by atoms with Crippen LogP contribution in [0.4, 0.5) is 0 Å². The van der Waals surface area contributed by atoms with Crippen LogP contribution in [-0.4, -0.2) is 26.3 Å². The van der Waals surface area contributed by atoms with Gasteiger partial charge in [0, 0.05) is 10.0 Å². The molecule has 1 aromatic heterocycles. The topological polar surface area (TPSA) is 96.3 Å². The summed E-state index contributed by atoms with van der Waals surface area (Å²) in [7, 11) is 0. The fourth-order valence-electron chi connectivity index (χ4n) is 3.13. The van der Waals surface area contributed by atoms with E-state index in [0.717, 1.165) is 16.2 Å². The molecule has 3 aromatic carbocycles. The van der Waals surface area contributed by atoms with Crippen molar-refractivity contribution in [3.63, 3.8) is 0 Å². The number of nitrogens with zero attached hydrogens (tertiary/aromatic N) is 2. The van der Waals surface area contributed by atoms with Crippen LogP contribution < -0.4 is 16.4 Å². The Morgan fingerprint density at radius 2 is 1.73 bits per heavy atom. The molecule has 0 atom stereocenters. The first-order chi connectivity index (χ1) is 15.9. The highest BCUT2D eigenvalue weighted by molar-refractivity contribution is 9.10. The summed E-state index contributed by atoms with van der Waals surface area (Å²) in [6.45, 7) is 3.83. The van der Waals surface area contributed by atoms with E-state index in [-0.39, 0.29) is 23.0 Å². The van der Waals surface area contributed by atoms with E-state index in [1.807, 2.05) is 30.3 Å². The van der Waals surface area contributed by atoms with Crippen LogP contribution in [0.25, 0.3) is 22.3 Å². The Balaban J connectivity index is 1.54. The summed E-state index contributed by atoms with van der Waals surface area (Å²) in [5, 5.41) is 10.8. The Hall–Kier alpha value is -3.56. The minimum atomic E-state index is -0.346. The Morgan fingerprint density at radius 1 is 1.03 bits per heavy atom. The maximum atomic E-state index is 13.2. The first kappa shape index (κ1) is 22.6. The lowest BCUT2D eigenvalue weighted by molar-refractivity contribution is -0.119. The number of hydrogen-bond acceptors (Lipinski definition) is 6. The van der Waals surface area contributed by atoms with E-state index in [2.05, 4.69) is 38.3 Å². The minimum Gasteiger partial charge on any atom is -0.507 e. The van der Waals surface area contributed by atoms with Gasteiger partial charge in [-0.2, -0.15) is 0 Å². The van der Waals surface area contributed by atoms with Gasteiger partial charge in [0.05, 0.1) is 28.0 Å². The number of amides is 1. The first-order valence-corrected chi connectivity index (χ1v) is 11.6. The van der Waals surface area contributed by atoms with Gasteiger partial charge >= 0.3 is 0 Å². The van der Waals surface area contributed by atoms with E-state index in [1.165, 1.54) is 10.6 Å². The lowest BCUT2D eigenvalue weighted by Crippen LogP contribution is -2.37. The summed E-state index contributed by atoms with van der Waals surface area (Å²) in [4.78, 5) is 30.3. The van der Waals surface area contributed by atoms with Crippen molar-refractivity contribution < 1.29 is 9.90 Å². The summed E-state index contributed by atoms with van der Waals surface area (Å²) in [6, 6.07) is 21.1. The van der Waals surface area contributed by atoms with Gasteiger partial charge in [-0.05, 0) is 48.5 Å². The van der Waals surface area contributed by atoms with Crippen LogP contribution in [0.1, 0.15) is 5.56 Å². The third-order valence-electron chi connectivity index (χ3n) is 4.74. The molecule has 1 amide bonds. The van der Waals surface area contributed by atoms with Crippen LogP contribution in [-0.2, 0) is 4.79 Å². The predicted molar refractivity (Wildman–Crippen MR) is 134 cm³/mol. The molecule has 0 saturated carbocycles. The molecule has 0 aliphatic heterocycles. The molecule has 3 N–H and O–H groups in total. The van der Waals surface area contributed by atoms with Crippen LogP contribution in [0, 0.1) is 0 Å². The lowest BCUT2D eigenvalue weighted by atomic mass is 10.1. The van der Waals surface area contributed by atoms with Gasteiger partial charge < -0.3 is 5.11 Å². The van der Waals surface area contributed by atoms with E-state index in [0.29, 0.717) is 33.0 Å². The molecule has 7 nitrogen and oxygen atoms in total. The third kappa shape index (κ3) is 5.10. The number of para-hydroxylation sites is 2. The highest BCUT2D eigenvalue weighted by Gasteiger charge is 2.15. The fourth-order valence-corrected chi connectivity index (χ4v) is 4.21. The maximum absolute atomic E-state index is 13.2. The highest BCUT2D eigenvalue weighted by Crippen LogP contribution is 2.23. The number of aromatic hydroxyl groups is 1. The molecule has 0 bridgehead atoms. The first-order valence-electron chi connectivity index (χ1n) is 9.86. The normalized spacial score (nSPS) is 10.7. The molecule has 1 heterocycles. The van der Waals surface area contributed by atoms with Gasteiger partial charge in [-0.25, -0.2) is 4.98 Å². The van der Waals surface area contributed by atoms with Crippen LogP contribution in [0.5, 0.6) is 5.75 Å². The number of phenolic OH excluding ortho intramolecular Hbond substituents is 1. The van der Waals surface area contributed by atoms with Crippen molar-refractivity contribution in [2.75, 3.05) is 5.75 Å². The average Bonchev–Trinajstić information content (AvgIpc) is 2.82. The average molecular weight is 523 g/mol. The van der Waals surface area contributed by atoms with Crippen LogP contribution in [0.3, 0.4) is 0 Å². The standard InChI is InChI=1S/C24H19BrN4O3S/c1-15(18-6-3-5-9-21(18)30)27-28-22(31)14-33-24-26-20-8-4-2-7-19(20)23(32)29(24)17-12-10-16(25)11-13-17/h2-13,27,30H,1,14H2,(H,28,31). The zero-order chi connectivity index (χ0) is 23.4. The van der Waals surface area contributed by atoms with Crippen molar-refractivity contribution in [2.24, 2.45) is 0 Å². The molecule has 9 heteroatoms. The number of aromatic nitrogens is 2. The molecule has 166 valence electrons. The van der Waals surface area contributed by atoms with Gasteiger partial charge in [-0.15, -0.1) is 0 Å². The zero-order valence-corrected chi connectivity index (χ0v) is 19.7. The van der Waals surface area contributed by atoms with Crippen molar-refractivity contribution in [3.05, 3.63) is 99.8 Å². The number of halogens is 1. The van der Waals surface area contributed by atoms with Gasteiger partial charge in [-0.1, -0.05) is 58.5 Å². The van der Waals surface area contributed by atoms with Crippen LogP contribution >= 0.6 is 27.7 Å². The number of hydrazine groups is 1. The van der Waals surface area contributed by atoms with Gasteiger partial charge in [0.25, 0.3) is 5.56 Å². The highest BCUT2D eigenvalue weighted by atomic mass is 79.9. The molecule has 0 spiro atoms. The summed E-state index contributed by atoms with van der Waals surface area (Å²) < 4.78 is 2.39. The summed E-state index contributed by atoms with van der Waals surface area (Å²) in [5.74, 6) is -0.290. The monoisotopic (exact) mass is 522 g/mol. The number of rotatable bonds is 7. The third-order valence-corrected chi connectivity index (χ3v) is 6.21. The maximum Gasteiger partial charge on any atom is 0.266 e. The summed E-state index contributed by atoms with van der Waals surface area (Å²) in [5.41, 5.74) is 7.09. The van der Waals surface area contributed by atoms with Gasteiger partial charge in [0.15, 0.2) is 5.16 Å². The number of thioether (sulfide) groups is 1. The number of nitrogens with one attached hydrogen (secondary N) is 2. The fraction of sp³-hybridized carbons (Fsp3) is 0.0417. The molecule has 4 rings (SSSR count). The number of fused-ring (bicyclic) bond motifs is 1. The Bertz CT molecular complexity index is 1400. The second-order valence-electron chi connectivity index (χ2n) is 6.99. The molecular weight excluding hydrogens is 504 g/mol. The molecule has 0 saturated heterocycles.